The zero-order valence-corrected chi connectivity index (χ0v) is 13.8. The fourth-order valence-electron chi connectivity index (χ4n) is 2.40. The van der Waals surface area contributed by atoms with E-state index in [4.69, 9.17) is 4.74 Å². The first-order valence-corrected chi connectivity index (χ1v) is 8.16. The molecule has 0 bridgehead atoms. The van der Waals surface area contributed by atoms with Gasteiger partial charge in [-0.05, 0) is 56.2 Å². The normalized spacial score (nSPS) is 13.2. The molecular weight excluding hydrogens is 322 g/mol. The molecule has 1 amide bonds. The van der Waals surface area contributed by atoms with Crippen molar-refractivity contribution in [2.45, 2.75) is 25.8 Å². The van der Waals surface area contributed by atoms with E-state index in [2.05, 4.69) is 10.6 Å². The van der Waals surface area contributed by atoms with Gasteiger partial charge in [0.1, 0.15) is 11.4 Å². The molecule has 2 aromatic carbocycles. The van der Waals surface area contributed by atoms with Crippen molar-refractivity contribution >= 4 is 23.0 Å². The molecule has 3 rings (SSSR count). The van der Waals surface area contributed by atoms with E-state index in [-0.39, 0.29) is 11.3 Å². The Balaban J connectivity index is 1.74. The second-order valence-corrected chi connectivity index (χ2v) is 5.82. The monoisotopic (exact) mass is 341 g/mol. The third-order valence-electron chi connectivity index (χ3n) is 3.82. The van der Waals surface area contributed by atoms with Gasteiger partial charge in [0.25, 0.3) is 11.6 Å². The highest BCUT2D eigenvalue weighted by atomic mass is 16.6. The van der Waals surface area contributed by atoms with Crippen LogP contribution in [0.4, 0.5) is 17.1 Å². The van der Waals surface area contributed by atoms with Gasteiger partial charge >= 0.3 is 0 Å². The van der Waals surface area contributed by atoms with Crippen LogP contribution in [0.25, 0.3) is 0 Å². The molecule has 25 heavy (non-hydrogen) atoms. The molecular formula is C18H19N3O4. The molecule has 0 aliphatic heterocycles. The van der Waals surface area contributed by atoms with E-state index in [1.54, 1.807) is 36.4 Å². The smallest absolute Gasteiger partial charge is 0.293 e. The first-order chi connectivity index (χ1) is 12.1. The molecule has 130 valence electrons. The fourth-order valence-corrected chi connectivity index (χ4v) is 2.40. The summed E-state index contributed by atoms with van der Waals surface area (Å²) in [5.41, 5.74) is 1.19. The number of nitro benzene ring substituents is 1. The van der Waals surface area contributed by atoms with Crippen LogP contribution in [0.2, 0.25) is 0 Å². The zero-order chi connectivity index (χ0) is 17.8. The highest BCUT2D eigenvalue weighted by Crippen LogP contribution is 2.31. The molecule has 0 atom stereocenters. The maximum absolute atomic E-state index is 12.4. The number of rotatable bonds is 7. The summed E-state index contributed by atoms with van der Waals surface area (Å²) in [7, 11) is 0. The zero-order valence-electron chi connectivity index (χ0n) is 13.8. The molecule has 0 heterocycles. The SMILES string of the molecule is CCOc1ccc(NC(=O)c2ccc(NC3CC3)c([N+](=O)[O-])c2)cc1. The predicted molar refractivity (Wildman–Crippen MR) is 95.3 cm³/mol. The van der Waals surface area contributed by atoms with Crippen LogP contribution in [0.15, 0.2) is 42.5 Å². The Morgan fingerprint density at radius 1 is 1.24 bits per heavy atom. The van der Waals surface area contributed by atoms with E-state index < -0.39 is 10.8 Å². The van der Waals surface area contributed by atoms with Crippen LogP contribution in [0.5, 0.6) is 5.75 Å². The quantitative estimate of drug-likeness (QED) is 0.590. The lowest BCUT2D eigenvalue weighted by atomic mass is 10.1. The Hall–Kier alpha value is -3.09. The lowest BCUT2D eigenvalue weighted by Gasteiger charge is -2.09. The number of amides is 1. The fraction of sp³-hybridized carbons (Fsp3) is 0.278. The molecule has 1 saturated carbocycles. The van der Waals surface area contributed by atoms with Crippen molar-refractivity contribution < 1.29 is 14.5 Å². The van der Waals surface area contributed by atoms with E-state index in [0.29, 0.717) is 29.8 Å². The number of nitrogens with one attached hydrogen (secondary N) is 2. The Bertz CT molecular complexity index is 785. The summed E-state index contributed by atoms with van der Waals surface area (Å²) in [6, 6.07) is 11.7. The van der Waals surface area contributed by atoms with Gasteiger partial charge < -0.3 is 15.4 Å². The Labute approximate surface area is 145 Å². The van der Waals surface area contributed by atoms with E-state index >= 15 is 0 Å². The van der Waals surface area contributed by atoms with Crippen LogP contribution < -0.4 is 15.4 Å². The Morgan fingerprint density at radius 3 is 2.56 bits per heavy atom. The van der Waals surface area contributed by atoms with Crippen LogP contribution >= 0.6 is 0 Å². The number of nitro groups is 1. The van der Waals surface area contributed by atoms with Crippen molar-refractivity contribution in [3.8, 4) is 5.75 Å². The number of carbonyl (C=O) groups excluding carboxylic acids is 1. The van der Waals surface area contributed by atoms with Crippen molar-refractivity contribution in [3.05, 3.63) is 58.1 Å². The number of nitrogens with zero attached hydrogens (tertiary/aromatic N) is 1. The minimum Gasteiger partial charge on any atom is -0.494 e. The largest absolute Gasteiger partial charge is 0.494 e. The lowest BCUT2D eigenvalue weighted by Crippen LogP contribution is -2.13. The van der Waals surface area contributed by atoms with Crippen molar-refractivity contribution in [2.75, 3.05) is 17.2 Å². The molecule has 1 aliphatic carbocycles. The highest BCUT2D eigenvalue weighted by molar-refractivity contribution is 6.05. The van der Waals surface area contributed by atoms with Crippen molar-refractivity contribution in [1.29, 1.82) is 0 Å². The summed E-state index contributed by atoms with van der Waals surface area (Å²) in [6.45, 7) is 2.46. The van der Waals surface area contributed by atoms with Gasteiger partial charge in [0.15, 0.2) is 0 Å². The first-order valence-electron chi connectivity index (χ1n) is 8.16. The summed E-state index contributed by atoms with van der Waals surface area (Å²) in [5, 5.41) is 17.1. The topological polar surface area (TPSA) is 93.5 Å². The van der Waals surface area contributed by atoms with Gasteiger partial charge in [-0.2, -0.15) is 0 Å². The number of hydrogen-bond acceptors (Lipinski definition) is 5. The third kappa shape index (κ3) is 4.26. The minimum atomic E-state index is -0.474. The van der Waals surface area contributed by atoms with Crippen LogP contribution in [0.3, 0.4) is 0 Å². The Kier molecular flexibility index (Phi) is 4.83. The van der Waals surface area contributed by atoms with Gasteiger partial charge in [-0.1, -0.05) is 0 Å². The number of carbonyl (C=O) groups is 1. The van der Waals surface area contributed by atoms with Gasteiger partial charge in [0.05, 0.1) is 11.5 Å². The van der Waals surface area contributed by atoms with E-state index in [1.807, 2.05) is 6.92 Å². The molecule has 1 aliphatic rings. The molecule has 1 fully saturated rings. The summed E-state index contributed by atoms with van der Waals surface area (Å²) >= 11 is 0. The maximum atomic E-state index is 12.4. The summed E-state index contributed by atoms with van der Waals surface area (Å²) < 4.78 is 5.35. The van der Waals surface area contributed by atoms with Crippen LogP contribution in [-0.2, 0) is 0 Å². The Morgan fingerprint density at radius 2 is 1.96 bits per heavy atom. The maximum Gasteiger partial charge on any atom is 0.293 e. The summed E-state index contributed by atoms with van der Waals surface area (Å²) in [4.78, 5) is 23.2. The molecule has 0 aromatic heterocycles. The third-order valence-corrected chi connectivity index (χ3v) is 3.82. The molecule has 0 spiro atoms. The van der Waals surface area contributed by atoms with Crippen LogP contribution in [-0.4, -0.2) is 23.5 Å². The molecule has 7 nitrogen and oxygen atoms in total. The molecule has 2 aromatic rings. The van der Waals surface area contributed by atoms with E-state index in [9.17, 15) is 14.9 Å². The number of ether oxygens (including phenoxy) is 1. The molecule has 0 radical (unpaired) electrons. The van der Waals surface area contributed by atoms with Crippen LogP contribution in [0.1, 0.15) is 30.1 Å². The second kappa shape index (κ2) is 7.21. The number of hydrogen-bond donors (Lipinski definition) is 2. The second-order valence-electron chi connectivity index (χ2n) is 5.82. The van der Waals surface area contributed by atoms with Crippen molar-refractivity contribution in [3.63, 3.8) is 0 Å². The average Bonchev–Trinajstić information content (AvgIpc) is 3.41. The predicted octanol–water partition coefficient (Wildman–Crippen LogP) is 3.82. The van der Waals surface area contributed by atoms with Gasteiger partial charge in [-0.25, -0.2) is 0 Å². The van der Waals surface area contributed by atoms with Gasteiger partial charge in [0.2, 0.25) is 0 Å². The average molecular weight is 341 g/mol. The van der Waals surface area contributed by atoms with Gasteiger partial charge in [-0.3, -0.25) is 14.9 Å². The standard InChI is InChI=1S/C18H19N3O4/c1-2-25-15-8-6-14(7-9-15)20-18(22)12-3-10-16(19-13-4-5-13)17(11-12)21(23)24/h3,6-11,13,19H,2,4-5H2,1H3,(H,20,22). The molecule has 2 N–H and O–H groups in total. The van der Waals surface area contributed by atoms with Crippen molar-refractivity contribution in [2.24, 2.45) is 0 Å². The molecule has 0 saturated heterocycles. The molecule has 0 unspecified atom stereocenters. The summed E-state index contributed by atoms with van der Waals surface area (Å²) in [6.07, 6.45) is 2.02. The molecule has 7 heteroatoms. The van der Waals surface area contributed by atoms with Crippen molar-refractivity contribution in [1.82, 2.24) is 0 Å². The van der Waals surface area contributed by atoms with E-state index in [0.717, 1.165) is 12.8 Å². The number of benzene rings is 2. The first kappa shape index (κ1) is 16.8. The minimum absolute atomic E-state index is 0.0914. The van der Waals surface area contributed by atoms with Gasteiger partial charge in [-0.15, -0.1) is 0 Å². The lowest BCUT2D eigenvalue weighted by molar-refractivity contribution is -0.384. The summed E-state index contributed by atoms with van der Waals surface area (Å²) in [5.74, 6) is 0.317. The van der Waals surface area contributed by atoms with Gasteiger partial charge in [0, 0.05) is 23.4 Å². The number of anilines is 2. The van der Waals surface area contributed by atoms with Crippen LogP contribution in [0, 0.1) is 10.1 Å². The highest BCUT2D eigenvalue weighted by Gasteiger charge is 2.25. The van der Waals surface area contributed by atoms with E-state index in [1.165, 1.54) is 6.07 Å².